The molecule has 0 saturated carbocycles. The fraction of sp³-hybridized carbons (Fsp3) is 0.186. The van der Waals surface area contributed by atoms with Gasteiger partial charge in [-0.1, -0.05) is 212 Å². The van der Waals surface area contributed by atoms with Gasteiger partial charge in [0, 0.05) is 17.7 Å². The molecule has 1 fully saturated rings. The third kappa shape index (κ3) is 14.1. The van der Waals surface area contributed by atoms with Crippen LogP contribution < -0.4 is 29.1 Å². The Morgan fingerprint density at radius 2 is 0.793 bits per heavy atom. The first kappa shape index (κ1) is 54.9. The van der Waals surface area contributed by atoms with Crippen LogP contribution in [-0.4, -0.2) is 42.4 Å². The molecule has 2 heterocycles. The monoisotopic (exact) mass is 1090 g/mol. The molecule has 414 valence electrons. The normalized spacial score (nSPS) is 16.8. The highest BCUT2D eigenvalue weighted by molar-refractivity contribution is 5.89. The molecule has 0 spiro atoms. The van der Waals surface area contributed by atoms with E-state index in [1.807, 2.05) is 212 Å². The zero-order valence-electron chi connectivity index (χ0n) is 45.1. The van der Waals surface area contributed by atoms with Crippen LogP contribution in [0.4, 0.5) is 0 Å². The molecule has 9 aromatic carbocycles. The summed E-state index contributed by atoms with van der Waals surface area (Å²) in [4.78, 5) is 16.0. The molecule has 1 saturated heterocycles. The van der Waals surface area contributed by atoms with E-state index in [9.17, 15) is 5.11 Å². The molecule has 12 heteroatoms. The van der Waals surface area contributed by atoms with Gasteiger partial charge in [-0.2, -0.15) is 0 Å². The van der Waals surface area contributed by atoms with Gasteiger partial charge in [-0.25, -0.2) is 0 Å². The Balaban J connectivity index is 1.06. The third-order valence-corrected chi connectivity index (χ3v) is 13.9. The van der Waals surface area contributed by atoms with Crippen LogP contribution in [0, 0.1) is 0 Å². The van der Waals surface area contributed by atoms with Crippen LogP contribution in [0.5, 0.6) is 28.7 Å². The molecule has 82 heavy (non-hydrogen) atoms. The second-order valence-electron chi connectivity index (χ2n) is 19.8. The van der Waals surface area contributed by atoms with Crippen molar-refractivity contribution < 1.29 is 52.2 Å². The van der Waals surface area contributed by atoms with Gasteiger partial charge in [-0.3, -0.25) is 4.79 Å². The summed E-state index contributed by atoms with van der Waals surface area (Å²) in [6.45, 7) is 0.747. The second-order valence-corrected chi connectivity index (χ2v) is 19.8. The Bertz CT molecular complexity index is 3630. The number of rotatable bonds is 25. The highest BCUT2D eigenvalue weighted by Gasteiger charge is 2.50. The van der Waals surface area contributed by atoms with Crippen molar-refractivity contribution in [1.82, 2.24) is 0 Å². The number of aliphatic hydroxyl groups excluding tert-OH is 1. The first-order chi connectivity index (χ1) is 40.5. The average molecular weight is 1100 g/mol. The first-order valence-corrected chi connectivity index (χ1v) is 27.4. The van der Waals surface area contributed by atoms with Crippen LogP contribution >= 0.6 is 0 Å². The molecular weight excluding hydrogens is 1030 g/mol. The summed E-state index contributed by atoms with van der Waals surface area (Å²) >= 11 is 0. The van der Waals surface area contributed by atoms with Crippen molar-refractivity contribution in [2.45, 2.75) is 77.0 Å². The van der Waals surface area contributed by atoms with Gasteiger partial charge < -0.3 is 52.2 Å². The summed E-state index contributed by atoms with van der Waals surface area (Å²) in [5.74, 6) is 1.22. The van der Waals surface area contributed by atoms with Gasteiger partial charge in [0.05, 0.1) is 26.4 Å². The van der Waals surface area contributed by atoms with E-state index in [1.165, 1.54) is 0 Å². The summed E-state index contributed by atoms with van der Waals surface area (Å²) in [6, 6.07) is 77.0. The lowest BCUT2D eigenvalue weighted by Gasteiger charge is -2.45. The van der Waals surface area contributed by atoms with E-state index in [1.54, 1.807) is 30.3 Å². The predicted octanol–water partition coefficient (Wildman–Crippen LogP) is 13.6. The summed E-state index contributed by atoms with van der Waals surface area (Å²) in [7, 11) is 0. The van der Waals surface area contributed by atoms with E-state index in [0.717, 1.165) is 38.9 Å². The largest absolute Gasteiger partial charge is 0.489 e. The second kappa shape index (κ2) is 27.4. The van der Waals surface area contributed by atoms with Crippen molar-refractivity contribution in [3.63, 3.8) is 0 Å². The quantitative estimate of drug-likeness (QED) is 0.0584. The van der Waals surface area contributed by atoms with E-state index in [2.05, 4.69) is 0 Å². The maximum absolute atomic E-state index is 16.0. The smallest absolute Gasteiger partial charge is 0.239 e. The summed E-state index contributed by atoms with van der Waals surface area (Å²) in [5, 5.41) is 11.4. The van der Waals surface area contributed by atoms with Crippen LogP contribution in [0.25, 0.3) is 22.3 Å². The van der Waals surface area contributed by atoms with Crippen molar-refractivity contribution >= 4 is 11.0 Å². The van der Waals surface area contributed by atoms with E-state index in [0.29, 0.717) is 22.8 Å². The maximum atomic E-state index is 16.0. The average Bonchev–Trinajstić information content (AvgIpc) is 3.63. The maximum Gasteiger partial charge on any atom is 0.239 e. The molecule has 5 atom stereocenters. The molecule has 0 radical (unpaired) electrons. The highest BCUT2D eigenvalue weighted by atomic mass is 16.7. The lowest BCUT2D eigenvalue weighted by atomic mass is 9.97. The van der Waals surface area contributed by atoms with Crippen molar-refractivity contribution in [3.8, 4) is 40.1 Å². The van der Waals surface area contributed by atoms with Gasteiger partial charge >= 0.3 is 0 Å². The summed E-state index contributed by atoms with van der Waals surface area (Å²) in [5.41, 5.74) is 6.34. The number of benzene rings is 9. The topological polar surface area (TPSA) is 134 Å². The Labute approximate surface area is 476 Å². The minimum atomic E-state index is -1.42. The molecule has 1 aliphatic rings. The highest BCUT2D eigenvalue weighted by Crippen LogP contribution is 2.42. The van der Waals surface area contributed by atoms with Gasteiger partial charge in [0.25, 0.3) is 0 Å². The molecule has 0 amide bonds. The minimum absolute atomic E-state index is 0.0288. The van der Waals surface area contributed by atoms with Crippen molar-refractivity contribution in [2.24, 2.45) is 0 Å². The van der Waals surface area contributed by atoms with Gasteiger partial charge in [0.1, 0.15) is 73.3 Å². The molecule has 1 aromatic heterocycles. The lowest BCUT2D eigenvalue weighted by Crippen LogP contribution is -2.62. The Morgan fingerprint density at radius 3 is 1.26 bits per heavy atom. The first-order valence-electron chi connectivity index (χ1n) is 27.4. The molecule has 11 rings (SSSR count). The van der Waals surface area contributed by atoms with E-state index >= 15 is 4.79 Å². The fourth-order valence-electron chi connectivity index (χ4n) is 9.67. The summed E-state index contributed by atoms with van der Waals surface area (Å²) in [6.07, 6.45) is -5.36. The van der Waals surface area contributed by atoms with E-state index in [4.69, 9.17) is 47.0 Å². The molecule has 0 aliphatic carbocycles. The summed E-state index contributed by atoms with van der Waals surface area (Å²) < 4.78 is 67.6. The standard InChI is InChI=1S/C70H62O12/c71-41-62-66(77-46-53-30-16-5-17-31-53)68(78-47-54-32-18-6-19-33-54)69(79-48-55-34-20-7-21-35-55)70(81-62)82-67-64(72)63-60(76-45-52-28-14-4-15-29-52)39-57(73-42-49-22-8-1-9-23-49)40-61(63)80-65(67)56-36-37-58(74-43-50-24-10-2-11-25-50)59(38-56)75-44-51-26-12-3-13-27-51/h1-40,62,66,68-71H,41-48H2/t62-,66-,68+,69-,70+/m0/s1. The number of aliphatic hydroxyl groups is 1. The number of ether oxygens (including phenoxy) is 9. The van der Waals surface area contributed by atoms with E-state index in [-0.39, 0.29) is 74.5 Å². The van der Waals surface area contributed by atoms with Gasteiger partial charge in [0.2, 0.25) is 17.5 Å². The van der Waals surface area contributed by atoms with E-state index < -0.39 is 42.7 Å². The Hall–Kier alpha value is -9.01. The Morgan fingerprint density at radius 1 is 0.390 bits per heavy atom. The molecule has 10 aromatic rings. The predicted molar refractivity (Wildman–Crippen MR) is 312 cm³/mol. The van der Waals surface area contributed by atoms with Gasteiger partial charge in [-0.05, 0) is 57.1 Å². The Kier molecular flexibility index (Phi) is 18.4. The molecular formula is C70H62O12. The van der Waals surface area contributed by atoms with Crippen LogP contribution in [0.2, 0.25) is 0 Å². The van der Waals surface area contributed by atoms with Gasteiger partial charge in [0.15, 0.2) is 17.3 Å². The SMILES string of the molecule is O=c1c(O[C@H]2O[C@@H](CO)[C@H](OCc3ccccc3)[C@@H](OCc3ccccc3)[C@@H]2OCc2ccccc2)c(-c2ccc(OCc3ccccc3)c(OCc3ccccc3)c2)oc2cc(OCc3ccccc3)cc(OCc3ccccc3)c12. The van der Waals surface area contributed by atoms with Crippen LogP contribution in [0.15, 0.2) is 252 Å². The zero-order chi connectivity index (χ0) is 55.7. The van der Waals surface area contributed by atoms with Crippen molar-refractivity contribution in [2.75, 3.05) is 6.61 Å². The molecule has 1 aliphatic heterocycles. The molecule has 12 nitrogen and oxygen atoms in total. The lowest BCUT2D eigenvalue weighted by molar-refractivity contribution is -0.308. The molecule has 1 N–H and O–H groups in total. The number of hydrogen-bond acceptors (Lipinski definition) is 12. The number of hydrogen-bond donors (Lipinski definition) is 1. The minimum Gasteiger partial charge on any atom is -0.489 e. The van der Waals surface area contributed by atoms with Crippen LogP contribution in [0.3, 0.4) is 0 Å². The third-order valence-electron chi connectivity index (χ3n) is 13.9. The molecule has 0 bridgehead atoms. The van der Waals surface area contributed by atoms with Crippen LogP contribution in [0.1, 0.15) is 38.9 Å². The zero-order valence-corrected chi connectivity index (χ0v) is 45.1. The van der Waals surface area contributed by atoms with Gasteiger partial charge in [-0.15, -0.1) is 0 Å². The van der Waals surface area contributed by atoms with Crippen molar-refractivity contribution in [1.29, 1.82) is 0 Å². The fourth-order valence-corrected chi connectivity index (χ4v) is 9.67. The number of fused-ring (bicyclic) bond motifs is 1. The molecule has 0 unspecified atom stereocenters. The van der Waals surface area contributed by atoms with Crippen molar-refractivity contribution in [3.05, 3.63) is 292 Å². The van der Waals surface area contributed by atoms with Crippen LogP contribution in [-0.2, 0) is 65.2 Å².